The predicted octanol–water partition coefficient (Wildman–Crippen LogP) is 3.54. The zero-order valence-corrected chi connectivity index (χ0v) is 18.9. The van der Waals surface area contributed by atoms with Gasteiger partial charge in [0.05, 0.1) is 17.3 Å². The minimum Gasteiger partial charge on any atom is -0.444 e. The summed E-state index contributed by atoms with van der Waals surface area (Å²) in [4.78, 5) is 37.0. The van der Waals surface area contributed by atoms with Crippen LogP contribution < -0.4 is 10.6 Å². The molecule has 1 aliphatic heterocycles. The fourth-order valence-electron chi connectivity index (χ4n) is 2.40. The van der Waals surface area contributed by atoms with Crippen LogP contribution in [0.15, 0.2) is 27.3 Å². The van der Waals surface area contributed by atoms with Crippen LogP contribution in [0.3, 0.4) is 0 Å². The standard InChI is InChI=1S/C20H33N5O3S/c1-7-15(9-10-22-19(27)28-20(4,5)6)11-23-17(26)18-25-14(3)16(8-2)24-12-21-13-29-18/h12,15H,3,7-11,13H2,1-2,4-6H3,(H,22,27)(H,23,26)/b21-12-,24-16?,25-18?. The molecule has 1 heterocycles. The number of carbonyl (C=O) groups is 2. The van der Waals surface area contributed by atoms with Gasteiger partial charge >= 0.3 is 6.09 Å². The number of nitrogens with one attached hydrogen (secondary N) is 2. The van der Waals surface area contributed by atoms with E-state index in [1.54, 1.807) is 0 Å². The molecule has 0 aliphatic carbocycles. The molecule has 0 saturated carbocycles. The van der Waals surface area contributed by atoms with Gasteiger partial charge in [0.2, 0.25) is 0 Å². The Balaban J connectivity index is 2.54. The van der Waals surface area contributed by atoms with E-state index in [0.717, 1.165) is 12.8 Å². The van der Waals surface area contributed by atoms with Gasteiger partial charge < -0.3 is 15.4 Å². The predicted molar refractivity (Wildman–Crippen MR) is 121 cm³/mol. The number of nitrogens with zero attached hydrogens (tertiary/aromatic N) is 3. The Hall–Kier alpha value is -2.16. The Morgan fingerprint density at radius 3 is 2.66 bits per heavy atom. The van der Waals surface area contributed by atoms with Crippen molar-refractivity contribution in [1.82, 2.24) is 10.6 Å². The summed E-state index contributed by atoms with van der Waals surface area (Å²) in [5, 5.41) is 6.02. The van der Waals surface area contributed by atoms with Crippen molar-refractivity contribution in [2.75, 3.05) is 19.0 Å². The van der Waals surface area contributed by atoms with Gasteiger partial charge in [-0.15, -0.1) is 0 Å². The third-order valence-electron chi connectivity index (χ3n) is 4.02. The molecule has 1 rings (SSSR count). The summed E-state index contributed by atoms with van der Waals surface area (Å²) < 4.78 is 5.22. The SMILES string of the molecule is C=C1N=C(C(=O)NCC(CC)CCNC(=O)OC(C)(C)C)SC/N=C\N=C1CC. The molecule has 0 bridgehead atoms. The van der Waals surface area contributed by atoms with Crippen molar-refractivity contribution in [2.24, 2.45) is 20.9 Å². The first-order chi connectivity index (χ1) is 13.7. The number of rotatable bonds is 8. The van der Waals surface area contributed by atoms with E-state index in [1.165, 1.54) is 18.1 Å². The molecular formula is C20H33N5O3S. The van der Waals surface area contributed by atoms with E-state index < -0.39 is 11.7 Å². The van der Waals surface area contributed by atoms with Crippen LogP contribution in [0.5, 0.6) is 0 Å². The van der Waals surface area contributed by atoms with Gasteiger partial charge in [0.1, 0.15) is 11.9 Å². The number of amides is 2. The van der Waals surface area contributed by atoms with Gasteiger partial charge in [0, 0.05) is 13.1 Å². The summed E-state index contributed by atoms with van der Waals surface area (Å²) in [7, 11) is 0. The maximum atomic E-state index is 12.6. The largest absolute Gasteiger partial charge is 0.444 e. The van der Waals surface area contributed by atoms with Crippen LogP contribution in [0.1, 0.15) is 53.9 Å². The second kappa shape index (κ2) is 12.4. The van der Waals surface area contributed by atoms with E-state index in [0.29, 0.717) is 41.8 Å². The number of thioether (sulfide) groups is 1. The summed E-state index contributed by atoms with van der Waals surface area (Å²) in [6, 6.07) is 0. The lowest BCUT2D eigenvalue weighted by molar-refractivity contribution is -0.114. The molecule has 29 heavy (non-hydrogen) atoms. The van der Waals surface area contributed by atoms with Gasteiger partial charge in [-0.3, -0.25) is 9.79 Å². The Labute approximate surface area is 177 Å². The molecule has 1 aliphatic rings. The van der Waals surface area contributed by atoms with Crippen molar-refractivity contribution in [3.05, 3.63) is 12.3 Å². The van der Waals surface area contributed by atoms with E-state index >= 15 is 0 Å². The highest BCUT2D eigenvalue weighted by Gasteiger charge is 2.18. The second-order valence-electron chi connectivity index (χ2n) is 7.57. The summed E-state index contributed by atoms with van der Waals surface area (Å²) in [6.07, 6.45) is 3.33. The minimum atomic E-state index is -0.520. The quantitative estimate of drug-likeness (QED) is 0.623. The third-order valence-corrected chi connectivity index (χ3v) is 4.85. The Kier molecular flexibility index (Phi) is 10.6. The Morgan fingerprint density at radius 2 is 2.03 bits per heavy atom. The van der Waals surface area contributed by atoms with Gasteiger partial charge in [-0.05, 0) is 39.5 Å². The molecule has 0 saturated heterocycles. The molecule has 162 valence electrons. The molecule has 0 spiro atoms. The van der Waals surface area contributed by atoms with E-state index in [9.17, 15) is 9.59 Å². The first-order valence-corrected chi connectivity index (χ1v) is 10.9. The summed E-state index contributed by atoms with van der Waals surface area (Å²) in [5.41, 5.74) is 0.668. The molecule has 0 radical (unpaired) electrons. The zero-order valence-electron chi connectivity index (χ0n) is 18.1. The summed E-state index contributed by atoms with van der Waals surface area (Å²) >= 11 is 1.25. The number of carbonyl (C=O) groups excluding carboxylic acids is 2. The lowest BCUT2D eigenvalue weighted by Crippen LogP contribution is -2.36. The van der Waals surface area contributed by atoms with Gasteiger partial charge in [-0.1, -0.05) is 38.6 Å². The number of hydrogen-bond acceptors (Lipinski definition) is 7. The van der Waals surface area contributed by atoms with E-state index in [4.69, 9.17) is 4.74 Å². The van der Waals surface area contributed by atoms with E-state index in [-0.39, 0.29) is 11.8 Å². The normalized spacial score (nSPS) is 17.1. The van der Waals surface area contributed by atoms with Crippen molar-refractivity contribution in [3.63, 3.8) is 0 Å². The smallest absolute Gasteiger partial charge is 0.407 e. The molecule has 0 aromatic heterocycles. The fourth-order valence-corrected chi connectivity index (χ4v) is 3.05. The number of ether oxygens (including phenoxy) is 1. The Morgan fingerprint density at radius 1 is 1.31 bits per heavy atom. The molecule has 2 amide bonds. The topological polar surface area (TPSA) is 105 Å². The van der Waals surface area contributed by atoms with Crippen LogP contribution in [0.4, 0.5) is 4.79 Å². The van der Waals surface area contributed by atoms with Crippen LogP contribution in [-0.4, -0.2) is 53.7 Å². The number of hydrogen-bond donors (Lipinski definition) is 2. The summed E-state index contributed by atoms with van der Waals surface area (Å²) in [5.74, 6) is 0.351. The highest BCUT2D eigenvalue weighted by Crippen LogP contribution is 2.13. The molecule has 0 fully saturated rings. The molecule has 2 N–H and O–H groups in total. The average Bonchev–Trinajstić information content (AvgIpc) is 2.72. The van der Waals surface area contributed by atoms with Gasteiger partial charge in [-0.25, -0.2) is 14.8 Å². The van der Waals surface area contributed by atoms with Crippen LogP contribution in [0.25, 0.3) is 0 Å². The molecule has 1 atom stereocenters. The van der Waals surface area contributed by atoms with Gasteiger partial charge in [0.25, 0.3) is 5.91 Å². The van der Waals surface area contributed by atoms with Crippen LogP contribution in [0.2, 0.25) is 0 Å². The third kappa shape index (κ3) is 10.3. The van der Waals surface area contributed by atoms with E-state index in [2.05, 4.69) is 39.1 Å². The maximum absolute atomic E-state index is 12.6. The van der Waals surface area contributed by atoms with Crippen molar-refractivity contribution >= 4 is 40.9 Å². The molecule has 1 unspecified atom stereocenters. The van der Waals surface area contributed by atoms with Crippen molar-refractivity contribution in [1.29, 1.82) is 0 Å². The minimum absolute atomic E-state index is 0.227. The Bertz CT molecular complexity index is 680. The van der Waals surface area contributed by atoms with Crippen LogP contribution in [-0.2, 0) is 9.53 Å². The molecule has 0 aromatic carbocycles. The van der Waals surface area contributed by atoms with Gasteiger partial charge in [-0.2, -0.15) is 0 Å². The zero-order chi connectivity index (χ0) is 21.9. The summed E-state index contributed by atoms with van der Waals surface area (Å²) in [6.45, 7) is 14.4. The fraction of sp³-hybridized carbons (Fsp3) is 0.650. The van der Waals surface area contributed by atoms with Crippen molar-refractivity contribution in [3.8, 4) is 0 Å². The maximum Gasteiger partial charge on any atom is 0.407 e. The number of alkyl carbamates (subject to hydrolysis) is 1. The lowest BCUT2D eigenvalue weighted by Gasteiger charge is -2.20. The van der Waals surface area contributed by atoms with Gasteiger partial charge in [0.15, 0.2) is 5.04 Å². The second-order valence-corrected chi connectivity index (χ2v) is 8.50. The highest BCUT2D eigenvalue weighted by molar-refractivity contribution is 8.15. The molecule has 8 nitrogen and oxygen atoms in total. The van der Waals surface area contributed by atoms with Crippen molar-refractivity contribution in [2.45, 2.75) is 59.5 Å². The van der Waals surface area contributed by atoms with Crippen LogP contribution in [0, 0.1) is 5.92 Å². The molecule has 0 aromatic rings. The number of aliphatic imine (C=N–C) groups is 3. The first-order valence-electron chi connectivity index (χ1n) is 9.87. The molecular weight excluding hydrogens is 390 g/mol. The first kappa shape index (κ1) is 24.9. The van der Waals surface area contributed by atoms with E-state index in [1.807, 2.05) is 27.7 Å². The highest BCUT2D eigenvalue weighted by atomic mass is 32.2. The number of allylic oxidation sites excluding steroid dienone is 1. The average molecular weight is 424 g/mol. The van der Waals surface area contributed by atoms with Crippen molar-refractivity contribution < 1.29 is 14.3 Å². The molecule has 9 heteroatoms. The monoisotopic (exact) mass is 423 g/mol. The van der Waals surface area contributed by atoms with Crippen LogP contribution >= 0.6 is 11.8 Å². The lowest BCUT2D eigenvalue weighted by atomic mass is 10.0.